The highest BCUT2D eigenvalue weighted by Gasteiger charge is 2.53. The van der Waals surface area contributed by atoms with Crippen LogP contribution in [0.5, 0.6) is 0 Å². The van der Waals surface area contributed by atoms with Crippen molar-refractivity contribution in [2.75, 3.05) is 50.8 Å². The van der Waals surface area contributed by atoms with E-state index in [0.717, 1.165) is 44.8 Å². The number of piperazine rings is 1. The van der Waals surface area contributed by atoms with Crippen molar-refractivity contribution < 1.29 is 24.2 Å². The smallest absolute Gasteiger partial charge is 0.251 e. The maximum absolute atomic E-state index is 13.5. The summed E-state index contributed by atoms with van der Waals surface area (Å²) in [7, 11) is 0. The molecule has 2 N–H and O–H groups in total. The van der Waals surface area contributed by atoms with Crippen molar-refractivity contribution in [3.63, 3.8) is 0 Å². The molecule has 0 saturated carbocycles. The number of ketones is 1. The predicted molar refractivity (Wildman–Crippen MR) is 132 cm³/mol. The molecule has 192 valence electrons. The average Bonchev–Trinajstić information content (AvgIpc) is 3.37. The lowest BCUT2D eigenvalue weighted by atomic mass is 9.85. The van der Waals surface area contributed by atoms with E-state index in [-0.39, 0.29) is 30.7 Å². The molecule has 9 heteroatoms. The van der Waals surface area contributed by atoms with E-state index in [9.17, 15) is 19.5 Å². The van der Waals surface area contributed by atoms with E-state index in [0.29, 0.717) is 5.56 Å². The topological polar surface area (TPSA) is 102 Å². The first kappa shape index (κ1) is 25.6. The van der Waals surface area contributed by atoms with Crippen LogP contribution < -0.4 is 10.2 Å². The number of β-amino-alcohol motifs (C(OH)–C–C–N with tert-alkyl or cyclic N) is 1. The van der Waals surface area contributed by atoms with E-state index in [4.69, 9.17) is 4.74 Å². The molecule has 0 radical (unpaired) electrons. The van der Waals surface area contributed by atoms with Gasteiger partial charge in [0, 0.05) is 37.4 Å². The van der Waals surface area contributed by atoms with Crippen LogP contribution in [0.4, 0.5) is 5.69 Å². The summed E-state index contributed by atoms with van der Waals surface area (Å²) >= 11 is 0. The molecular formula is C26H38N4O5. The molecule has 3 aliphatic rings. The van der Waals surface area contributed by atoms with Gasteiger partial charge in [0.05, 0.1) is 6.54 Å². The minimum atomic E-state index is -0.914. The van der Waals surface area contributed by atoms with Crippen LogP contribution in [0.1, 0.15) is 44.5 Å². The van der Waals surface area contributed by atoms with Gasteiger partial charge in [0.25, 0.3) is 5.91 Å². The quantitative estimate of drug-likeness (QED) is 0.616. The Morgan fingerprint density at radius 1 is 1.14 bits per heavy atom. The normalized spacial score (nSPS) is 26.1. The zero-order chi connectivity index (χ0) is 25.3. The zero-order valence-corrected chi connectivity index (χ0v) is 21.2. The van der Waals surface area contributed by atoms with Crippen LogP contribution >= 0.6 is 0 Å². The molecule has 0 aliphatic carbocycles. The molecule has 35 heavy (non-hydrogen) atoms. The fourth-order valence-corrected chi connectivity index (χ4v) is 5.26. The lowest BCUT2D eigenvalue weighted by molar-refractivity contribution is -0.140. The number of carbonyl (C=O) groups is 3. The Balaban J connectivity index is 1.43. The summed E-state index contributed by atoms with van der Waals surface area (Å²) in [4.78, 5) is 45.1. The third-order valence-electron chi connectivity index (χ3n) is 7.24. The second-order valence-corrected chi connectivity index (χ2v) is 10.9. The van der Waals surface area contributed by atoms with Crippen molar-refractivity contribution in [1.29, 1.82) is 0 Å². The van der Waals surface area contributed by atoms with Crippen LogP contribution in [-0.4, -0.2) is 103 Å². The lowest BCUT2D eigenvalue weighted by Crippen LogP contribution is -2.57. The molecule has 4 atom stereocenters. The number of likely N-dealkylation sites (tertiary alicyclic amines) is 1. The molecule has 0 unspecified atom stereocenters. The summed E-state index contributed by atoms with van der Waals surface area (Å²) in [5, 5.41) is 13.2. The Bertz CT molecular complexity index is 936. The molecule has 1 aromatic rings. The number of aliphatic hydroxyl groups excluding tert-OH is 1. The first-order chi connectivity index (χ1) is 16.6. The van der Waals surface area contributed by atoms with E-state index in [1.54, 1.807) is 12.1 Å². The average molecular weight is 487 g/mol. The molecular weight excluding hydrogens is 448 g/mol. The van der Waals surface area contributed by atoms with Crippen LogP contribution in [0.25, 0.3) is 0 Å². The Morgan fingerprint density at radius 2 is 1.80 bits per heavy atom. The Kier molecular flexibility index (Phi) is 7.49. The first-order valence-corrected chi connectivity index (χ1v) is 12.6. The van der Waals surface area contributed by atoms with Crippen LogP contribution in [0.15, 0.2) is 24.3 Å². The second kappa shape index (κ2) is 10.2. The van der Waals surface area contributed by atoms with Crippen molar-refractivity contribution in [3.8, 4) is 0 Å². The molecule has 3 saturated heterocycles. The highest BCUT2D eigenvalue weighted by Crippen LogP contribution is 2.31. The number of nitrogens with zero attached hydrogens (tertiary/aromatic N) is 3. The van der Waals surface area contributed by atoms with Gasteiger partial charge in [0.15, 0.2) is 5.78 Å². The van der Waals surface area contributed by atoms with Crippen LogP contribution in [0.3, 0.4) is 0 Å². The van der Waals surface area contributed by atoms with E-state index >= 15 is 0 Å². The summed E-state index contributed by atoms with van der Waals surface area (Å²) < 4.78 is 5.39. The Morgan fingerprint density at radius 3 is 2.40 bits per heavy atom. The van der Waals surface area contributed by atoms with Crippen molar-refractivity contribution in [3.05, 3.63) is 29.8 Å². The van der Waals surface area contributed by atoms with Gasteiger partial charge in [-0.3, -0.25) is 19.3 Å². The van der Waals surface area contributed by atoms with Crippen LogP contribution in [0.2, 0.25) is 0 Å². The fourth-order valence-electron chi connectivity index (χ4n) is 5.26. The van der Waals surface area contributed by atoms with Gasteiger partial charge in [0.2, 0.25) is 5.91 Å². The molecule has 3 aliphatic heterocycles. The third kappa shape index (κ3) is 5.37. The molecule has 0 bridgehead atoms. The molecule has 3 heterocycles. The van der Waals surface area contributed by atoms with Gasteiger partial charge in [-0.05, 0) is 42.6 Å². The summed E-state index contributed by atoms with van der Waals surface area (Å²) in [6.45, 7) is 12.8. The van der Waals surface area contributed by atoms with Gasteiger partial charge in [0.1, 0.15) is 30.9 Å². The van der Waals surface area contributed by atoms with Crippen molar-refractivity contribution >= 4 is 23.3 Å². The molecule has 0 aromatic heterocycles. The number of benzene rings is 1. The van der Waals surface area contributed by atoms with Gasteiger partial charge < -0.3 is 25.0 Å². The number of hydrogen-bond acceptors (Lipinski definition) is 7. The summed E-state index contributed by atoms with van der Waals surface area (Å²) in [5.74, 6) is -0.939. The SMILES string of the molecule is CCCN1CCN(c2ccc(C(=O)N[C@H](C(=O)N3C[C@H](O)[C@H]4OCC(=O)[C@H]43)C(C)(C)C)cc2)CC1. The van der Waals surface area contributed by atoms with Crippen molar-refractivity contribution in [1.82, 2.24) is 15.1 Å². The minimum absolute atomic E-state index is 0.0164. The highest BCUT2D eigenvalue weighted by molar-refractivity contribution is 5.99. The number of Topliss-reactive ketones (excluding diaryl/α,β-unsaturated/α-hetero) is 1. The number of rotatable bonds is 6. The maximum atomic E-state index is 13.5. The largest absolute Gasteiger partial charge is 0.388 e. The highest BCUT2D eigenvalue weighted by atomic mass is 16.5. The van der Waals surface area contributed by atoms with Gasteiger partial charge in [-0.25, -0.2) is 0 Å². The van der Waals surface area contributed by atoms with E-state index in [1.165, 1.54) is 4.90 Å². The number of aliphatic hydroxyl groups is 1. The van der Waals surface area contributed by atoms with E-state index < -0.39 is 29.7 Å². The fraction of sp³-hybridized carbons (Fsp3) is 0.654. The van der Waals surface area contributed by atoms with Crippen molar-refractivity contribution in [2.45, 2.75) is 58.4 Å². The number of ether oxygens (including phenoxy) is 1. The summed E-state index contributed by atoms with van der Waals surface area (Å²) in [6.07, 6.45) is -0.451. The van der Waals surface area contributed by atoms with Crippen molar-refractivity contribution in [2.24, 2.45) is 5.41 Å². The molecule has 4 rings (SSSR count). The molecule has 1 aromatic carbocycles. The molecule has 0 spiro atoms. The molecule has 3 fully saturated rings. The predicted octanol–water partition coefficient (Wildman–Crippen LogP) is 0.903. The Hall–Kier alpha value is -2.49. The van der Waals surface area contributed by atoms with Crippen LogP contribution in [-0.2, 0) is 14.3 Å². The first-order valence-electron chi connectivity index (χ1n) is 12.6. The number of fused-ring (bicyclic) bond motifs is 1. The third-order valence-corrected chi connectivity index (χ3v) is 7.24. The molecule has 2 amide bonds. The Labute approximate surface area is 207 Å². The number of hydrogen-bond donors (Lipinski definition) is 2. The summed E-state index contributed by atoms with van der Waals surface area (Å²) in [6, 6.07) is 5.83. The van der Waals surface area contributed by atoms with Gasteiger partial charge in [-0.15, -0.1) is 0 Å². The monoisotopic (exact) mass is 486 g/mol. The van der Waals surface area contributed by atoms with E-state index in [2.05, 4.69) is 22.0 Å². The summed E-state index contributed by atoms with van der Waals surface area (Å²) in [5.41, 5.74) is 0.953. The zero-order valence-electron chi connectivity index (χ0n) is 21.2. The van der Waals surface area contributed by atoms with E-state index in [1.807, 2.05) is 32.9 Å². The van der Waals surface area contributed by atoms with Gasteiger partial charge in [-0.2, -0.15) is 0 Å². The number of anilines is 1. The lowest BCUT2D eigenvalue weighted by Gasteiger charge is -2.36. The number of carbonyl (C=O) groups excluding carboxylic acids is 3. The second-order valence-electron chi connectivity index (χ2n) is 10.9. The number of amides is 2. The van der Waals surface area contributed by atoms with Gasteiger partial charge >= 0.3 is 0 Å². The molecule has 9 nitrogen and oxygen atoms in total. The standard InChI is InChI=1S/C26H38N4O5/c1-5-10-28-11-13-29(14-12-28)18-8-6-17(7-9-18)24(33)27-23(26(2,3)4)25(34)30-15-19(31)22-21(30)20(32)16-35-22/h6-9,19,21-23,31H,5,10-16H2,1-4H3,(H,27,33)/t19-,21+,22+,23+/m0/s1. The maximum Gasteiger partial charge on any atom is 0.251 e. The minimum Gasteiger partial charge on any atom is -0.388 e. The van der Waals surface area contributed by atoms with Gasteiger partial charge in [-0.1, -0.05) is 27.7 Å². The van der Waals surface area contributed by atoms with Crippen LogP contribution in [0, 0.1) is 5.41 Å². The number of nitrogens with one attached hydrogen (secondary N) is 1.